The molecule has 18 atom stereocenters. The van der Waals surface area contributed by atoms with E-state index >= 15 is 0 Å². The first-order valence-corrected chi connectivity index (χ1v) is 39.0. The maximum Gasteiger partial charge on any atom is 0.472 e. The summed E-state index contributed by atoms with van der Waals surface area (Å²) in [5.41, 5.74) is 0. The Balaban J connectivity index is 1.76. The second-order valence-corrected chi connectivity index (χ2v) is 28.1. The number of rotatable bonds is 57. The molecule has 2 heterocycles. The lowest BCUT2D eigenvalue weighted by atomic mass is 9.84. The van der Waals surface area contributed by atoms with Crippen LogP contribution in [0.25, 0.3) is 0 Å². The van der Waals surface area contributed by atoms with Crippen molar-refractivity contribution in [3.8, 4) is 0 Å². The number of unbranched alkanes of at least 4 members (excludes halogenated alkanes) is 31. The van der Waals surface area contributed by atoms with Crippen LogP contribution in [0.1, 0.15) is 265 Å². The van der Waals surface area contributed by atoms with Gasteiger partial charge in [-0.1, -0.05) is 217 Å². The van der Waals surface area contributed by atoms with Gasteiger partial charge in [0.25, 0.3) is 0 Å². The van der Waals surface area contributed by atoms with E-state index in [1.807, 2.05) is 6.08 Å². The van der Waals surface area contributed by atoms with E-state index in [1.165, 1.54) is 115 Å². The summed E-state index contributed by atoms with van der Waals surface area (Å²) >= 11 is 0. The van der Waals surface area contributed by atoms with Crippen molar-refractivity contribution in [1.29, 1.82) is 0 Å². The molecule has 0 amide bonds. The summed E-state index contributed by atoms with van der Waals surface area (Å²) < 4.78 is 64.8. The zero-order chi connectivity index (χ0) is 71.8. The highest BCUT2D eigenvalue weighted by molar-refractivity contribution is 7.47. The Morgan fingerprint density at radius 2 is 0.796 bits per heavy atom. The summed E-state index contributed by atoms with van der Waals surface area (Å²) in [6.07, 6.45) is 18.1. The van der Waals surface area contributed by atoms with Gasteiger partial charge in [-0.15, -0.1) is 0 Å². The molecule has 2 aliphatic heterocycles. The predicted molar refractivity (Wildman–Crippen MR) is 370 cm³/mol. The molecule has 1 saturated carbocycles. The molecule has 570 valence electrons. The molecule has 3 fully saturated rings. The fourth-order valence-electron chi connectivity index (χ4n) is 12.0. The third kappa shape index (κ3) is 37.4. The SMILES string of the molecule is CCCCCC/C=C\CCCCCCCCCC(=O)OC(COC(=O)CCCCC/C=C\CCCCCCCC)COP(=O)(O)OC1C(OC2OC(CO)C(O)C(O)C2O)C(O)C(O)C(O)C1OC1OC(COC(=O)/C=C/C=C/CCCCCCCCCCCCC)C(O)C(O)C1O. The summed E-state index contributed by atoms with van der Waals surface area (Å²) in [6.45, 7) is 3.31. The fraction of sp³-hybridized carbons (Fsp3) is 0.849. The molecular weight excluding hydrogens is 1290 g/mol. The van der Waals surface area contributed by atoms with Gasteiger partial charge in [0, 0.05) is 18.9 Å². The van der Waals surface area contributed by atoms with Crippen molar-refractivity contribution in [2.75, 3.05) is 26.4 Å². The van der Waals surface area contributed by atoms with E-state index in [2.05, 4.69) is 45.1 Å². The van der Waals surface area contributed by atoms with E-state index in [0.717, 1.165) is 109 Å². The maximum absolute atomic E-state index is 14.3. The van der Waals surface area contributed by atoms with Crippen molar-refractivity contribution < 1.29 is 117 Å². The van der Waals surface area contributed by atoms with Crippen LogP contribution in [-0.4, -0.2) is 204 Å². The molecule has 0 bridgehead atoms. The van der Waals surface area contributed by atoms with E-state index in [4.69, 9.17) is 42.2 Å². The highest BCUT2D eigenvalue weighted by Gasteiger charge is 2.58. The Labute approximate surface area is 584 Å². The fourth-order valence-corrected chi connectivity index (χ4v) is 13.0. The third-order valence-electron chi connectivity index (χ3n) is 18.2. The molecule has 2 saturated heterocycles. The first kappa shape index (κ1) is 89.1. The van der Waals surface area contributed by atoms with Crippen LogP contribution in [0.5, 0.6) is 0 Å². The van der Waals surface area contributed by atoms with Gasteiger partial charge in [0.15, 0.2) is 18.7 Å². The van der Waals surface area contributed by atoms with E-state index in [9.17, 15) is 74.9 Å². The van der Waals surface area contributed by atoms with Crippen LogP contribution in [0.15, 0.2) is 48.6 Å². The number of aliphatic hydroxyl groups excluding tert-OH is 10. The van der Waals surface area contributed by atoms with E-state index in [-0.39, 0.29) is 12.8 Å². The number of ether oxygens (including phenoxy) is 7. The van der Waals surface area contributed by atoms with Crippen molar-refractivity contribution in [2.45, 2.75) is 369 Å². The minimum atomic E-state index is -5.71. The van der Waals surface area contributed by atoms with Gasteiger partial charge in [0.05, 0.1) is 13.2 Å². The molecule has 98 heavy (non-hydrogen) atoms. The number of esters is 3. The van der Waals surface area contributed by atoms with Gasteiger partial charge in [0.1, 0.15) is 98.7 Å². The number of hydrogen-bond donors (Lipinski definition) is 11. The number of phosphoric ester groups is 1. The van der Waals surface area contributed by atoms with Crippen LogP contribution >= 0.6 is 7.82 Å². The van der Waals surface area contributed by atoms with E-state index in [0.29, 0.717) is 19.3 Å². The van der Waals surface area contributed by atoms with Gasteiger partial charge in [0.2, 0.25) is 0 Å². The first-order valence-electron chi connectivity index (χ1n) is 37.5. The zero-order valence-electron chi connectivity index (χ0n) is 59.3. The van der Waals surface area contributed by atoms with Crippen LogP contribution in [0.3, 0.4) is 0 Å². The Morgan fingerprint density at radius 3 is 1.26 bits per heavy atom. The van der Waals surface area contributed by atoms with Crippen LogP contribution in [0.2, 0.25) is 0 Å². The van der Waals surface area contributed by atoms with Gasteiger partial charge < -0.3 is 89.1 Å². The molecule has 0 spiro atoms. The number of aliphatic hydroxyl groups is 10. The lowest BCUT2D eigenvalue weighted by Crippen LogP contribution is -2.69. The minimum Gasteiger partial charge on any atom is -0.462 e. The van der Waals surface area contributed by atoms with E-state index < -0.39 is 156 Å². The van der Waals surface area contributed by atoms with Crippen LogP contribution in [0.4, 0.5) is 0 Å². The Hall–Kier alpha value is -3.08. The molecule has 1 aliphatic carbocycles. The van der Waals surface area contributed by atoms with Crippen LogP contribution in [0, 0.1) is 0 Å². The summed E-state index contributed by atoms with van der Waals surface area (Å²) in [6, 6.07) is 0. The summed E-state index contributed by atoms with van der Waals surface area (Å²) in [7, 11) is -5.71. The standard InChI is InChI=1S/C73H129O24P/c1-4-7-10-13-16-19-22-25-27-30-33-36-39-42-45-48-58(76)90-53-56-61(79)63(81)68(86)73(94-56)96-70-66(84)64(82)65(83)69(95-72-67(85)62(80)60(78)55(50-74)93-72)71(70)97-98(87,88)91-52-54(51-89-57(75)47-44-41-38-35-32-29-24-21-18-15-12-9-6-3)92-59(77)49-46-43-40-37-34-31-28-26-23-20-17-14-11-8-5-2/h20,23,29,32,39,42,45,48,54-56,60-74,78-86H,4-19,21-22,24-28,30-31,33-38,40-41,43-44,46-47,49-53H2,1-3H3,(H,87,88)/b23-20-,32-29-,42-39+,48-45+. The molecule has 0 aromatic carbocycles. The predicted octanol–water partition coefficient (Wildman–Crippen LogP) is 10.1. The van der Waals surface area contributed by atoms with Crippen molar-refractivity contribution in [1.82, 2.24) is 0 Å². The van der Waals surface area contributed by atoms with Crippen LogP contribution in [-0.2, 0) is 61.2 Å². The molecule has 11 N–H and O–H groups in total. The summed E-state index contributed by atoms with van der Waals surface area (Å²) in [4.78, 5) is 50.8. The van der Waals surface area contributed by atoms with Gasteiger partial charge in [-0.2, -0.15) is 0 Å². The second kappa shape index (κ2) is 54.6. The monoisotopic (exact) mass is 1420 g/mol. The molecule has 3 rings (SSSR count). The first-order chi connectivity index (χ1) is 47.3. The average molecular weight is 1420 g/mol. The molecule has 24 nitrogen and oxygen atoms in total. The van der Waals surface area contributed by atoms with Gasteiger partial charge in [-0.25, -0.2) is 9.36 Å². The lowest BCUT2D eigenvalue weighted by molar-refractivity contribution is -0.360. The van der Waals surface area contributed by atoms with Crippen molar-refractivity contribution in [2.24, 2.45) is 0 Å². The number of phosphoric acid groups is 1. The average Bonchev–Trinajstić information content (AvgIpc) is 0.762. The van der Waals surface area contributed by atoms with Crippen molar-refractivity contribution >= 4 is 25.7 Å². The third-order valence-corrected chi connectivity index (χ3v) is 19.1. The second-order valence-electron chi connectivity index (χ2n) is 26.7. The number of hydrogen-bond acceptors (Lipinski definition) is 23. The van der Waals surface area contributed by atoms with Gasteiger partial charge in [-0.3, -0.25) is 18.6 Å². The summed E-state index contributed by atoms with van der Waals surface area (Å²) in [5.74, 6) is -2.25. The minimum absolute atomic E-state index is 0.0197. The normalized spacial score (nSPS) is 27.9. The highest BCUT2D eigenvalue weighted by Crippen LogP contribution is 2.49. The lowest BCUT2D eigenvalue weighted by Gasteiger charge is -2.49. The maximum atomic E-state index is 14.3. The molecule has 0 aromatic rings. The number of carbonyl (C=O) groups excluding carboxylic acids is 3. The summed E-state index contributed by atoms with van der Waals surface area (Å²) in [5, 5.41) is 110. The Morgan fingerprint density at radius 1 is 0.418 bits per heavy atom. The zero-order valence-corrected chi connectivity index (χ0v) is 60.2. The molecule has 25 heteroatoms. The largest absolute Gasteiger partial charge is 0.472 e. The Bertz CT molecular complexity index is 2220. The Kier molecular flexibility index (Phi) is 49.6. The molecular formula is C73H129O24P. The van der Waals surface area contributed by atoms with Crippen molar-refractivity contribution in [3.63, 3.8) is 0 Å². The van der Waals surface area contributed by atoms with Gasteiger partial charge >= 0.3 is 25.7 Å². The number of carbonyl (C=O) groups is 3. The molecule has 3 aliphatic rings. The quantitative estimate of drug-likeness (QED) is 0.00513. The smallest absolute Gasteiger partial charge is 0.462 e. The molecule has 0 radical (unpaired) electrons. The van der Waals surface area contributed by atoms with Crippen molar-refractivity contribution in [3.05, 3.63) is 48.6 Å². The highest BCUT2D eigenvalue weighted by atomic mass is 31.2. The van der Waals surface area contributed by atoms with Crippen LogP contribution < -0.4 is 0 Å². The molecule has 18 unspecified atom stereocenters. The number of allylic oxidation sites excluding steroid dienone is 7. The van der Waals surface area contributed by atoms with Gasteiger partial charge in [-0.05, 0) is 77.0 Å². The van der Waals surface area contributed by atoms with E-state index in [1.54, 1.807) is 6.08 Å². The topological polar surface area (TPSA) is 374 Å². The molecule has 0 aromatic heterocycles.